The van der Waals surface area contributed by atoms with Crippen LogP contribution in [-0.4, -0.2) is 25.9 Å². The predicted octanol–water partition coefficient (Wildman–Crippen LogP) is 3.55. The Balaban J connectivity index is 1.98. The topological polar surface area (TPSA) is 95.2 Å². The van der Waals surface area contributed by atoms with Crippen molar-refractivity contribution in [3.63, 3.8) is 0 Å². The summed E-state index contributed by atoms with van der Waals surface area (Å²) in [7, 11) is 2.94. The first-order valence-electron chi connectivity index (χ1n) is 8.67. The van der Waals surface area contributed by atoms with Gasteiger partial charge >= 0.3 is 0 Å². The van der Waals surface area contributed by atoms with Crippen molar-refractivity contribution in [3.8, 4) is 22.3 Å². The van der Waals surface area contributed by atoms with Crippen LogP contribution < -0.4 is 11.5 Å². The molecule has 0 saturated carbocycles. The Morgan fingerprint density at radius 3 is 1.36 bits per heavy atom. The second-order valence-electron chi connectivity index (χ2n) is 6.06. The smallest absolute Gasteiger partial charge is 0.170 e. The number of rotatable bonds is 6. The molecular formula is C22H22N4O2. The monoisotopic (exact) mass is 374 g/mol. The fourth-order valence-corrected chi connectivity index (χ4v) is 2.90. The molecule has 0 aliphatic rings. The molecule has 6 nitrogen and oxygen atoms in total. The highest BCUT2D eigenvalue weighted by Crippen LogP contribution is 2.27. The molecule has 3 rings (SSSR count). The van der Waals surface area contributed by atoms with E-state index < -0.39 is 0 Å². The first kappa shape index (κ1) is 19.0. The number of nitrogens with two attached hydrogens (primary N) is 2. The summed E-state index contributed by atoms with van der Waals surface area (Å²) in [5.74, 6) is 0.669. The lowest BCUT2D eigenvalue weighted by Gasteiger charge is -2.09. The Hall–Kier alpha value is -3.80. The van der Waals surface area contributed by atoms with Gasteiger partial charge in [0.2, 0.25) is 0 Å². The van der Waals surface area contributed by atoms with Crippen LogP contribution in [0.1, 0.15) is 11.1 Å². The van der Waals surface area contributed by atoms with Gasteiger partial charge in [-0.05, 0) is 40.5 Å². The van der Waals surface area contributed by atoms with E-state index in [4.69, 9.17) is 21.1 Å². The van der Waals surface area contributed by atoms with Crippen LogP contribution in [0.3, 0.4) is 0 Å². The van der Waals surface area contributed by atoms with E-state index in [1.807, 2.05) is 54.6 Å². The van der Waals surface area contributed by atoms with Crippen molar-refractivity contribution >= 4 is 11.7 Å². The van der Waals surface area contributed by atoms with Crippen molar-refractivity contribution in [1.82, 2.24) is 0 Å². The number of benzene rings is 3. The van der Waals surface area contributed by atoms with Gasteiger partial charge in [0.15, 0.2) is 11.7 Å². The van der Waals surface area contributed by atoms with Crippen LogP contribution in [0.25, 0.3) is 22.3 Å². The largest absolute Gasteiger partial charge is 0.397 e. The molecule has 0 aliphatic carbocycles. The molecule has 6 heteroatoms. The third-order valence-electron chi connectivity index (χ3n) is 4.23. The lowest BCUT2D eigenvalue weighted by atomic mass is 9.97. The summed E-state index contributed by atoms with van der Waals surface area (Å²) in [6.45, 7) is 0. The van der Waals surface area contributed by atoms with Gasteiger partial charge in [-0.1, -0.05) is 64.9 Å². The quantitative estimate of drug-likeness (QED) is 0.392. The molecule has 3 aromatic carbocycles. The van der Waals surface area contributed by atoms with Gasteiger partial charge in [0, 0.05) is 11.1 Å². The summed E-state index contributed by atoms with van der Waals surface area (Å²) >= 11 is 0. The third-order valence-corrected chi connectivity index (χ3v) is 4.23. The number of hydrogen-bond acceptors (Lipinski definition) is 4. The van der Waals surface area contributed by atoms with Crippen LogP contribution in [0, 0.1) is 0 Å². The van der Waals surface area contributed by atoms with Gasteiger partial charge in [0.05, 0.1) is 0 Å². The average molecular weight is 374 g/mol. The first-order chi connectivity index (χ1) is 13.6. The molecule has 0 aromatic heterocycles. The van der Waals surface area contributed by atoms with E-state index in [9.17, 15) is 0 Å². The Kier molecular flexibility index (Phi) is 5.91. The van der Waals surface area contributed by atoms with Crippen LogP contribution in [0.15, 0.2) is 83.1 Å². The van der Waals surface area contributed by atoms with Crippen molar-refractivity contribution in [3.05, 3.63) is 83.9 Å². The number of hydrogen-bond donors (Lipinski definition) is 2. The summed E-state index contributed by atoms with van der Waals surface area (Å²) in [5.41, 5.74) is 17.7. The summed E-state index contributed by atoms with van der Waals surface area (Å²) in [4.78, 5) is 9.53. The third kappa shape index (κ3) is 4.29. The van der Waals surface area contributed by atoms with Crippen LogP contribution in [-0.2, 0) is 9.68 Å². The standard InChI is InChI=1S/C22H22N4O2/c1-27-25-21(23)19-10-4-8-17(13-19)15-6-3-7-16(12-15)18-9-5-11-20(14-18)22(24)26-28-2/h3-14H,1-2H3,(H2,23,25)(H2,24,26). The van der Waals surface area contributed by atoms with Crippen molar-refractivity contribution < 1.29 is 9.68 Å². The minimum Gasteiger partial charge on any atom is -0.397 e. The zero-order chi connectivity index (χ0) is 19.9. The molecule has 0 amide bonds. The van der Waals surface area contributed by atoms with E-state index in [0.717, 1.165) is 33.4 Å². The number of oxime groups is 2. The van der Waals surface area contributed by atoms with Gasteiger partial charge in [0.25, 0.3) is 0 Å². The highest BCUT2D eigenvalue weighted by Gasteiger charge is 2.07. The second kappa shape index (κ2) is 8.73. The molecule has 0 saturated heterocycles. The molecule has 3 aromatic rings. The van der Waals surface area contributed by atoms with E-state index in [1.54, 1.807) is 0 Å². The molecule has 0 unspecified atom stereocenters. The highest BCUT2D eigenvalue weighted by molar-refractivity contribution is 5.99. The number of amidine groups is 2. The fraction of sp³-hybridized carbons (Fsp3) is 0.0909. The van der Waals surface area contributed by atoms with Gasteiger partial charge in [-0.3, -0.25) is 0 Å². The Bertz CT molecular complexity index is 950. The molecule has 28 heavy (non-hydrogen) atoms. The average Bonchev–Trinajstić information content (AvgIpc) is 2.74. The van der Waals surface area contributed by atoms with Crippen molar-refractivity contribution in [2.45, 2.75) is 0 Å². The van der Waals surface area contributed by atoms with E-state index in [1.165, 1.54) is 14.2 Å². The number of nitrogens with zero attached hydrogens (tertiary/aromatic N) is 2. The van der Waals surface area contributed by atoms with E-state index in [-0.39, 0.29) is 0 Å². The minimum atomic E-state index is 0.334. The molecule has 0 atom stereocenters. The molecular weight excluding hydrogens is 352 g/mol. The van der Waals surface area contributed by atoms with E-state index in [2.05, 4.69) is 28.5 Å². The first-order valence-corrected chi connectivity index (χ1v) is 8.67. The summed E-state index contributed by atoms with van der Waals surface area (Å²) < 4.78 is 0. The molecule has 0 fully saturated rings. The van der Waals surface area contributed by atoms with Crippen LogP contribution in [0.5, 0.6) is 0 Å². The lowest BCUT2D eigenvalue weighted by Crippen LogP contribution is -2.13. The maximum Gasteiger partial charge on any atom is 0.170 e. The Labute approximate surface area is 164 Å². The van der Waals surface area contributed by atoms with Crippen LogP contribution in [0.2, 0.25) is 0 Å². The molecule has 0 spiro atoms. The summed E-state index contributed by atoms with van der Waals surface area (Å²) in [6.07, 6.45) is 0. The molecule has 142 valence electrons. The van der Waals surface area contributed by atoms with Gasteiger partial charge < -0.3 is 21.1 Å². The molecule has 0 heterocycles. The van der Waals surface area contributed by atoms with Gasteiger partial charge in [-0.2, -0.15) is 0 Å². The normalized spacial score (nSPS) is 11.9. The van der Waals surface area contributed by atoms with Crippen molar-refractivity contribution in [2.24, 2.45) is 21.8 Å². The maximum absolute atomic E-state index is 5.93. The summed E-state index contributed by atoms with van der Waals surface area (Å²) in [5, 5.41) is 7.59. The lowest BCUT2D eigenvalue weighted by molar-refractivity contribution is 0.213. The van der Waals surface area contributed by atoms with Gasteiger partial charge in [-0.25, -0.2) is 0 Å². The van der Waals surface area contributed by atoms with E-state index >= 15 is 0 Å². The molecule has 4 N–H and O–H groups in total. The van der Waals surface area contributed by atoms with Crippen LogP contribution >= 0.6 is 0 Å². The molecule has 0 radical (unpaired) electrons. The fourth-order valence-electron chi connectivity index (χ4n) is 2.90. The zero-order valence-electron chi connectivity index (χ0n) is 15.8. The van der Waals surface area contributed by atoms with Crippen molar-refractivity contribution in [2.75, 3.05) is 14.2 Å². The highest BCUT2D eigenvalue weighted by atomic mass is 16.6. The zero-order valence-corrected chi connectivity index (χ0v) is 15.8. The Morgan fingerprint density at radius 1 is 0.607 bits per heavy atom. The second-order valence-corrected chi connectivity index (χ2v) is 6.06. The molecule has 0 bridgehead atoms. The molecule has 0 aliphatic heterocycles. The minimum absolute atomic E-state index is 0.334. The van der Waals surface area contributed by atoms with E-state index in [0.29, 0.717) is 11.7 Å². The maximum atomic E-state index is 5.93. The van der Waals surface area contributed by atoms with Gasteiger partial charge in [0.1, 0.15) is 14.2 Å². The van der Waals surface area contributed by atoms with Crippen molar-refractivity contribution in [1.29, 1.82) is 0 Å². The van der Waals surface area contributed by atoms with Crippen LogP contribution in [0.4, 0.5) is 0 Å². The Morgan fingerprint density at radius 2 is 0.964 bits per heavy atom. The summed E-state index contributed by atoms with van der Waals surface area (Å²) in [6, 6.07) is 23.9. The predicted molar refractivity (Wildman–Crippen MR) is 113 cm³/mol. The van der Waals surface area contributed by atoms with Gasteiger partial charge in [-0.15, -0.1) is 0 Å². The SMILES string of the molecule is CO/N=C(\N)c1cccc(-c2cccc(-c3cccc(/C(N)=N\OC)c3)c2)c1.